The molecule has 0 aromatic heterocycles. The highest BCUT2D eigenvalue weighted by molar-refractivity contribution is 9.09. The van der Waals surface area contributed by atoms with Crippen LogP contribution in [0.15, 0.2) is 54.6 Å². The zero-order chi connectivity index (χ0) is 15.5. The maximum absolute atomic E-state index is 13.6. The van der Waals surface area contributed by atoms with Crippen molar-refractivity contribution in [2.24, 2.45) is 0 Å². The molecular formula is C16H15BrFN3O. The fourth-order valence-electron chi connectivity index (χ4n) is 2.44. The number of carbonyl (C=O) groups excluding carboxylic acids is 1. The number of para-hydroxylation sites is 1. The van der Waals surface area contributed by atoms with Gasteiger partial charge in [0.05, 0.1) is 16.6 Å². The van der Waals surface area contributed by atoms with E-state index in [4.69, 9.17) is 0 Å². The summed E-state index contributed by atoms with van der Waals surface area (Å²) >= 11 is 3.56. The molecule has 0 spiro atoms. The highest BCUT2D eigenvalue weighted by atomic mass is 79.9. The number of alkyl halides is 1. The van der Waals surface area contributed by atoms with Gasteiger partial charge in [0.1, 0.15) is 11.9 Å². The fraction of sp³-hybridized carbons (Fsp3) is 0.188. The maximum atomic E-state index is 13.6. The van der Waals surface area contributed by atoms with Gasteiger partial charge in [-0.05, 0) is 17.7 Å². The summed E-state index contributed by atoms with van der Waals surface area (Å²) in [5.41, 5.74) is 7.31. The Hall–Kier alpha value is -1.76. The van der Waals surface area contributed by atoms with Gasteiger partial charge >= 0.3 is 0 Å². The van der Waals surface area contributed by atoms with E-state index in [1.807, 2.05) is 30.3 Å². The summed E-state index contributed by atoms with van der Waals surface area (Å²) in [5, 5.41) is 2.61. The Kier molecular flexibility index (Phi) is 4.52. The van der Waals surface area contributed by atoms with Crippen molar-refractivity contribution in [3.63, 3.8) is 0 Å². The van der Waals surface area contributed by atoms with Crippen LogP contribution in [0.5, 0.6) is 0 Å². The minimum Gasteiger partial charge on any atom is -0.322 e. The molecule has 4 nitrogen and oxygen atoms in total. The van der Waals surface area contributed by atoms with E-state index in [1.54, 1.807) is 12.1 Å². The van der Waals surface area contributed by atoms with Crippen LogP contribution < -0.4 is 16.2 Å². The van der Waals surface area contributed by atoms with Gasteiger partial charge in [-0.1, -0.05) is 58.4 Å². The first-order chi connectivity index (χ1) is 10.7. The Morgan fingerprint density at radius 1 is 1.05 bits per heavy atom. The molecule has 0 aliphatic carbocycles. The summed E-state index contributed by atoms with van der Waals surface area (Å²) in [6.07, 6.45) is 0. The van der Waals surface area contributed by atoms with Crippen molar-refractivity contribution in [2.45, 2.75) is 16.9 Å². The van der Waals surface area contributed by atoms with Crippen molar-refractivity contribution < 1.29 is 9.18 Å². The molecule has 1 heterocycles. The molecule has 6 heteroatoms. The molecule has 1 aliphatic heterocycles. The number of amides is 1. The van der Waals surface area contributed by atoms with E-state index in [-0.39, 0.29) is 22.5 Å². The number of hydrogen-bond acceptors (Lipinski definition) is 3. The lowest BCUT2D eigenvalue weighted by atomic mass is 10.0. The van der Waals surface area contributed by atoms with E-state index in [9.17, 15) is 9.18 Å². The third kappa shape index (κ3) is 3.04. The van der Waals surface area contributed by atoms with E-state index in [2.05, 4.69) is 32.1 Å². The Morgan fingerprint density at radius 3 is 2.45 bits per heavy atom. The molecule has 1 saturated heterocycles. The monoisotopic (exact) mass is 363 g/mol. The van der Waals surface area contributed by atoms with Gasteiger partial charge in [-0.2, -0.15) is 0 Å². The predicted octanol–water partition coefficient (Wildman–Crippen LogP) is 2.75. The average molecular weight is 364 g/mol. The van der Waals surface area contributed by atoms with Crippen molar-refractivity contribution in [1.29, 1.82) is 0 Å². The molecule has 0 radical (unpaired) electrons. The first-order valence-corrected chi connectivity index (χ1v) is 7.84. The number of halogens is 2. The summed E-state index contributed by atoms with van der Waals surface area (Å²) in [6, 6.07) is 15.4. The molecule has 1 aliphatic rings. The number of hydrogen-bond donors (Lipinski definition) is 3. The Labute approximate surface area is 136 Å². The zero-order valence-corrected chi connectivity index (χ0v) is 13.2. The van der Waals surface area contributed by atoms with Gasteiger partial charge in [0.25, 0.3) is 0 Å². The minimum atomic E-state index is -0.509. The summed E-state index contributed by atoms with van der Waals surface area (Å²) in [6.45, 7) is 0. The second-order valence-corrected chi connectivity index (χ2v) is 6.13. The van der Waals surface area contributed by atoms with Crippen LogP contribution in [0.2, 0.25) is 0 Å². The standard InChI is InChI=1S/C16H15BrFN3O/c17-13-14(10-6-2-1-3-7-10)20-21-15(13)16(22)19-12-9-5-4-8-11(12)18/h1-9,13-15,20-21H,(H,19,22). The second-order valence-electron chi connectivity index (χ2n) is 5.07. The van der Waals surface area contributed by atoms with Crippen LogP contribution in [-0.4, -0.2) is 16.8 Å². The lowest BCUT2D eigenvalue weighted by Gasteiger charge is -2.17. The van der Waals surface area contributed by atoms with Gasteiger partial charge in [-0.25, -0.2) is 15.2 Å². The normalized spacial score (nSPS) is 24.2. The Balaban J connectivity index is 1.71. The van der Waals surface area contributed by atoms with Crippen LogP contribution in [-0.2, 0) is 4.79 Å². The topological polar surface area (TPSA) is 53.2 Å². The molecule has 22 heavy (non-hydrogen) atoms. The van der Waals surface area contributed by atoms with E-state index in [0.717, 1.165) is 5.56 Å². The second kappa shape index (κ2) is 6.56. The highest BCUT2D eigenvalue weighted by Crippen LogP contribution is 2.29. The Morgan fingerprint density at radius 2 is 1.73 bits per heavy atom. The van der Waals surface area contributed by atoms with Crippen molar-refractivity contribution in [1.82, 2.24) is 10.9 Å². The van der Waals surface area contributed by atoms with Crippen molar-refractivity contribution >= 4 is 27.5 Å². The van der Waals surface area contributed by atoms with Crippen molar-refractivity contribution in [3.05, 3.63) is 66.0 Å². The van der Waals surface area contributed by atoms with Gasteiger partial charge in [-0.15, -0.1) is 0 Å². The fourth-order valence-corrected chi connectivity index (χ4v) is 3.25. The molecule has 114 valence electrons. The van der Waals surface area contributed by atoms with Crippen LogP contribution in [0.25, 0.3) is 0 Å². The summed E-state index contributed by atoms with van der Waals surface area (Å²) in [7, 11) is 0. The predicted molar refractivity (Wildman–Crippen MR) is 87.0 cm³/mol. The van der Waals surface area contributed by atoms with E-state index in [0.29, 0.717) is 0 Å². The zero-order valence-electron chi connectivity index (χ0n) is 11.6. The van der Waals surface area contributed by atoms with Crippen molar-refractivity contribution in [2.75, 3.05) is 5.32 Å². The number of anilines is 1. The van der Waals surface area contributed by atoms with E-state index < -0.39 is 11.9 Å². The number of nitrogens with one attached hydrogen (secondary N) is 3. The molecule has 2 aromatic carbocycles. The largest absolute Gasteiger partial charge is 0.322 e. The van der Waals surface area contributed by atoms with Crippen LogP contribution in [0.4, 0.5) is 10.1 Å². The highest BCUT2D eigenvalue weighted by Gasteiger charge is 2.39. The van der Waals surface area contributed by atoms with Crippen molar-refractivity contribution in [3.8, 4) is 0 Å². The number of carbonyl (C=O) groups is 1. The maximum Gasteiger partial charge on any atom is 0.244 e. The Bertz CT molecular complexity index is 667. The lowest BCUT2D eigenvalue weighted by Crippen LogP contribution is -2.42. The summed E-state index contributed by atoms with van der Waals surface area (Å²) in [4.78, 5) is 12.2. The lowest BCUT2D eigenvalue weighted by molar-refractivity contribution is -0.117. The SMILES string of the molecule is O=C(Nc1ccccc1F)C1NNC(c2ccccc2)C1Br. The third-order valence-electron chi connectivity index (χ3n) is 3.60. The quantitative estimate of drug-likeness (QED) is 0.735. The third-order valence-corrected chi connectivity index (χ3v) is 4.66. The van der Waals surface area contributed by atoms with Crippen LogP contribution in [0, 0.1) is 5.82 Å². The molecule has 3 unspecified atom stereocenters. The number of rotatable bonds is 3. The molecule has 3 atom stereocenters. The smallest absolute Gasteiger partial charge is 0.244 e. The molecule has 2 aromatic rings. The molecule has 3 rings (SSSR count). The van der Waals surface area contributed by atoms with Gasteiger partial charge in [0.2, 0.25) is 5.91 Å². The van der Waals surface area contributed by atoms with Crippen LogP contribution >= 0.6 is 15.9 Å². The number of hydrazine groups is 1. The number of benzene rings is 2. The molecular weight excluding hydrogens is 349 g/mol. The summed E-state index contributed by atoms with van der Waals surface area (Å²) in [5.74, 6) is -0.745. The van der Waals surface area contributed by atoms with Gasteiger partial charge in [0.15, 0.2) is 0 Å². The molecule has 3 N–H and O–H groups in total. The van der Waals surface area contributed by atoms with Crippen LogP contribution in [0.3, 0.4) is 0 Å². The molecule has 1 amide bonds. The molecule has 1 fully saturated rings. The first kappa shape index (κ1) is 15.1. The van der Waals surface area contributed by atoms with E-state index >= 15 is 0 Å². The van der Waals surface area contributed by atoms with E-state index in [1.165, 1.54) is 12.1 Å². The minimum absolute atomic E-state index is 0.0439. The average Bonchev–Trinajstić information content (AvgIpc) is 2.92. The molecule has 0 saturated carbocycles. The first-order valence-electron chi connectivity index (χ1n) is 6.92. The van der Waals surface area contributed by atoms with Gasteiger partial charge in [0, 0.05) is 0 Å². The van der Waals surface area contributed by atoms with Crippen LogP contribution in [0.1, 0.15) is 11.6 Å². The summed E-state index contributed by atoms with van der Waals surface area (Å²) < 4.78 is 13.6. The van der Waals surface area contributed by atoms with Gasteiger partial charge in [-0.3, -0.25) is 4.79 Å². The van der Waals surface area contributed by atoms with Gasteiger partial charge < -0.3 is 5.32 Å². The molecule has 0 bridgehead atoms.